The molecular weight excluding hydrogens is 382 g/mol. The van der Waals surface area contributed by atoms with E-state index in [9.17, 15) is 4.79 Å². The van der Waals surface area contributed by atoms with E-state index in [0.29, 0.717) is 12.2 Å². The number of amides is 1. The van der Waals surface area contributed by atoms with Gasteiger partial charge in [0.1, 0.15) is 0 Å². The lowest BCUT2D eigenvalue weighted by molar-refractivity contribution is 0.102. The van der Waals surface area contributed by atoms with Gasteiger partial charge < -0.3 is 5.32 Å². The van der Waals surface area contributed by atoms with Crippen LogP contribution in [0.15, 0.2) is 41.0 Å². The standard InChI is InChI=1S/C18H20BrN5O/c1-4-23-9-8-16(22-23)18(25)20-15-7-5-6-14(10-15)11-24-13(3)17(19)12(2)21-24/h5-10H,4,11H2,1-3H3,(H,20,25). The van der Waals surface area contributed by atoms with Gasteiger partial charge in [0.25, 0.3) is 5.91 Å². The minimum atomic E-state index is -0.210. The molecule has 25 heavy (non-hydrogen) atoms. The lowest BCUT2D eigenvalue weighted by Gasteiger charge is -2.08. The Labute approximate surface area is 155 Å². The number of halogens is 1. The molecule has 2 heterocycles. The van der Waals surface area contributed by atoms with Crippen LogP contribution in [0.25, 0.3) is 0 Å². The van der Waals surface area contributed by atoms with Crippen molar-refractivity contribution in [2.45, 2.75) is 33.9 Å². The highest BCUT2D eigenvalue weighted by molar-refractivity contribution is 9.10. The molecule has 0 bridgehead atoms. The summed E-state index contributed by atoms with van der Waals surface area (Å²) in [6.07, 6.45) is 1.80. The summed E-state index contributed by atoms with van der Waals surface area (Å²) in [5.41, 5.74) is 4.27. The SMILES string of the molecule is CCn1ccc(C(=O)Nc2cccc(Cn3nc(C)c(Br)c3C)c2)n1. The van der Waals surface area contributed by atoms with Gasteiger partial charge in [-0.05, 0) is 60.5 Å². The molecule has 0 aliphatic rings. The minimum absolute atomic E-state index is 0.210. The number of anilines is 1. The highest BCUT2D eigenvalue weighted by Gasteiger charge is 2.11. The maximum Gasteiger partial charge on any atom is 0.276 e. The Morgan fingerprint density at radius 3 is 2.68 bits per heavy atom. The summed E-state index contributed by atoms with van der Waals surface area (Å²) >= 11 is 3.54. The van der Waals surface area contributed by atoms with Gasteiger partial charge in [-0.2, -0.15) is 10.2 Å². The van der Waals surface area contributed by atoms with Crippen molar-refractivity contribution < 1.29 is 4.79 Å². The third kappa shape index (κ3) is 3.82. The van der Waals surface area contributed by atoms with Gasteiger partial charge in [-0.3, -0.25) is 14.2 Å². The predicted octanol–water partition coefficient (Wildman–Crippen LogP) is 3.78. The molecule has 0 unspecified atom stereocenters. The molecule has 0 aliphatic heterocycles. The highest BCUT2D eigenvalue weighted by Crippen LogP contribution is 2.21. The second-order valence-electron chi connectivity index (χ2n) is 5.85. The van der Waals surface area contributed by atoms with Gasteiger partial charge in [0.2, 0.25) is 0 Å². The number of carbonyl (C=O) groups is 1. The van der Waals surface area contributed by atoms with Gasteiger partial charge in [-0.1, -0.05) is 12.1 Å². The average Bonchev–Trinajstić information content (AvgIpc) is 3.17. The van der Waals surface area contributed by atoms with Crippen molar-refractivity contribution in [3.63, 3.8) is 0 Å². The molecule has 6 nitrogen and oxygen atoms in total. The number of carbonyl (C=O) groups excluding carboxylic acids is 1. The third-order valence-corrected chi connectivity index (χ3v) is 5.16. The zero-order valence-electron chi connectivity index (χ0n) is 14.5. The molecule has 0 atom stereocenters. The molecule has 1 N–H and O–H groups in total. The van der Waals surface area contributed by atoms with Crippen molar-refractivity contribution in [2.75, 3.05) is 5.32 Å². The summed E-state index contributed by atoms with van der Waals surface area (Å²) in [6.45, 7) is 7.36. The summed E-state index contributed by atoms with van der Waals surface area (Å²) < 4.78 is 4.71. The van der Waals surface area contributed by atoms with E-state index in [2.05, 4.69) is 31.4 Å². The lowest BCUT2D eigenvalue weighted by Crippen LogP contribution is -2.13. The second kappa shape index (κ2) is 7.23. The van der Waals surface area contributed by atoms with Crippen molar-refractivity contribution in [3.05, 3.63) is 63.6 Å². The van der Waals surface area contributed by atoms with Crippen LogP contribution in [0, 0.1) is 13.8 Å². The van der Waals surface area contributed by atoms with Crippen LogP contribution >= 0.6 is 15.9 Å². The molecular formula is C18H20BrN5O. The van der Waals surface area contributed by atoms with Crippen LogP contribution in [0.2, 0.25) is 0 Å². The van der Waals surface area contributed by atoms with Crippen molar-refractivity contribution in [3.8, 4) is 0 Å². The predicted molar refractivity (Wildman–Crippen MR) is 101 cm³/mol. The van der Waals surface area contributed by atoms with Gasteiger partial charge in [-0.25, -0.2) is 0 Å². The largest absolute Gasteiger partial charge is 0.321 e. The van der Waals surface area contributed by atoms with Crippen molar-refractivity contribution >= 4 is 27.5 Å². The molecule has 3 rings (SSSR count). The van der Waals surface area contributed by atoms with Crippen molar-refractivity contribution in [2.24, 2.45) is 0 Å². The Morgan fingerprint density at radius 1 is 1.24 bits per heavy atom. The summed E-state index contributed by atoms with van der Waals surface area (Å²) in [6, 6.07) is 9.49. The molecule has 3 aromatic rings. The molecule has 130 valence electrons. The monoisotopic (exact) mass is 401 g/mol. The van der Waals surface area contributed by atoms with Crippen LogP contribution in [0.5, 0.6) is 0 Å². The van der Waals surface area contributed by atoms with E-state index in [-0.39, 0.29) is 5.91 Å². The smallest absolute Gasteiger partial charge is 0.276 e. The van der Waals surface area contributed by atoms with Gasteiger partial charge >= 0.3 is 0 Å². The van der Waals surface area contributed by atoms with Gasteiger partial charge in [0.15, 0.2) is 5.69 Å². The summed E-state index contributed by atoms with van der Waals surface area (Å²) in [5.74, 6) is -0.210. The van der Waals surface area contributed by atoms with Gasteiger partial charge in [0, 0.05) is 18.4 Å². The number of aryl methyl sites for hydroxylation is 2. The molecule has 0 fully saturated rings. The van der Waals surface area contributed by atoms with Gasteiger partial charge in [-0.15, -0.1) is 0 Å². The Kier molecular flexibility index (Phi) is 5.03. The normalized spacial score (nSPS) is 10.9. The number of nitrogens with one attached hydrogen (secondary N) is 1. The summed E-state index contributed by atoms with van der Waals surface area (Å²) in [5, 5.41) is 11.6. The Hall–Kier alpha value is -2.41. The quantitative estimate of drug-likeness (QED) is 0.707. The van der Waals surface area contributed by atoms with E-state index in [4.69, 9.17) is 0 Å². The van der Waals surface area contributed by atoms with Gasteiger partial charge in [0.05, 0.1) is 22.4 Å². The molecule has 0 radical (unpaired) electrons. The van der Waals surface area contributed by atoms with E-state index < -0.39 is 0 Å². The van der Waals surface area contributed by atoms with Crippen molar-refractivity contribution in [1.29, 1.82) is 0 Å². The van der Waals surface area contributed by atoms with Crippen LogP contribution in [0.4, 0.5) is 5.69 Å². The van der Waals surface area contributed by atoms with Crippen LogP contribution in [0.1, 0.15) is 34.4 Å². The van der Waals surface area contributed by atoms with Crippen LogP contribution < -0.4 is 5.32 Å². The number of aromatic nitrogens is 4. The molecule has 7 heteroatoms. The first-order valence-electron chi connectivity index (χ1n) is 8.11. The zero-order chi connectivity index (χ0) is 18.0. The lowest BCUT2D eigenvalue weighted by atomic mass is 10.2. The van der Waals surface area contributed by atoms with Crippen molar-refractivity contribution in [1.82, 2.24) is 19.6 Å². The second-order valence-corrected chi connectivity index (χ2v) is 6.65. The summed E-state index contributed by atoms with van der Waals surface area (Å²) in [7, 11) is 0. The molecule has 2 aromatic heterocycles. The van der Waals surface area contributed by atoms with Crippen LogP contribution in [-0.2, 0) is 13.1 Å². The topological polar surface area (TPSA) is 64.7 Å². The Bertz CT molecular complexity index is 912. The maximum absolute atomic E-state index is 12.3. The molecule has 1 amide bonds. The van der Waals surface area contributed by atoms with E-state index in [1.165, 1.54) is 0 Å². The number of hydrogen-bond donors (Lipinski definition) is 1. The fourth-order valence-corrected chi connectivity index (χ4v) is 2.89. The maximum atomic E-state index is 12.3. The van der Waals surface area contributed by atoms with E-state index in [1.54, 1.807) is 16.9 Å². The average molecular weight is 402 g/mol. The molecule has 1 aromatic carbocycles. The molecule has 0 aliphatic carbocycles. The van der Waals surface area contributed by atoms with E-state index in [1.807, 2.05) is 49.7 Å². The van der Waals surface area contributed by atoms with E-state index >= 15 is 0 Å². The zero-order valence-corrected chi connectivity index (χ0v) is 16.0. The third-order valence-electron chi connectivity index (χ3n) is 4.01. The van der Waals surface area contributed by atoms with Crippen LogP contribution in [0.3, 0.4) is 0 Å². The minimum Gasteiger partial charge on any atom is -0.321 e. The van der Waals surface area contributed by atoms with Crippen LogP contribution in [-0.4, -0.2) is 25.5 Å². The number of nitrogens with zero attached hydrogens (tertiary/aromatic N) is 4. The number of benzene rings is 1. The fourth-order valence-electron chi connectivity index (χ4n) is 2.60. The number of rotatable bonds is 5. The fraction of sp³-hybridized carbons (Fsp3) is 0.278. The first-order chi connectivity index (χ1) is 12.0. The highest BCUT2D eigenvalue weighted by atomic mass is 79.9. The molecule has 0 spiro atoms. The van der Waals surface area contributed by atoms with E-state index in [0.717, 1.165) is 33.7 Å². The first kappa shape index (κ1) is 17.4. The molecule has 0 saturated carbocycles. The Balaban J connectivity index is 1.74. The number of hydrogen-bond acceptors (Lipinski definition) is 3. The Morgan fingerprint density at radius 2 is 2.04 bits per heavy atom. The first-order valence-corrected chi connectivity index (χ1v) is 8.90. The summed E-state index contributed by atoms with van der Waals surface area (Å²) in [4.78, 5) is 12.3. The molecule has 0 saturated heterocycles.